The Labute approximate surface area is 712 Å². The van der Waals surface area contributed by atoms with Gasteiger partial charge in [-0.15, -0.1) is 11.8 Å². The molecule has 0 N–H and O–H groups in total. The van der Waals surface area contributed by atoms with Crippen molar-refractivity contribution in [2.24, 2.45) is 0 Å². The first-order valence-corrected chi connectivity index (χ1v) is 46.2. The summed E-state index contributed by atoms with van der Waals surface area (Å²) in [5.41, 5.74) is 26.8. The smallest absolute Gasteiger partial charge is 0.181 e. The Morgan fingerprint density at radius 1 is 0.289 bits per heavy atom. The average Bonchev–Trinajstić information content (AvgIpc) is 1.65. The molecule has 121 heavy (non-hydrogen) atoms. The standard InChI is InChI=1S/C30H24N2Si.2C20H18N2.2C19H16N2S/c1-30(2)26-19-11-18-24-23-16-9-10-17-25(23)29-31-20-27(32(29)28(24)26)33(30,21-12-5-3-6-13-21)22-14-7-4-8-15-22;1-12-18-20(2,3)11-13-7-6-10-15-14-8-4-5-9-16(14)19(21-12)22(18)17(13)15;1-12-17-11-20(2,3)16-10-6-9-14-13-7-4-5-8-15(13)19(21-12)22(17)18(14)16;1-11-18-21-16-13(9-6-10-15(16)19(2,3)22-18)12-7-4-5-8-14(12)17(21)20-11;1-11-17-19(2,3)22-15-10-6-9-13-12-7-4-5-8-14(12)18(20-11)21(17)16(13)15/h3-20H,1-2H3;2*4-10H,11H2,1-3H3;2*4-10H,1-3H3. The molecule has 5 aliphatic rings. The van der Waals surface area contributed by atoms with Gasteiger partial charge in [-0.05, 0) is 139 Å². The third-order valence-corrected chi connectivity index (χ3v) is 35.9. The SMILES string of the molecule is CC1(C)c2cccc3c4ccccc4c4ncc(n4c23)[Si]1(c1ccccc1)c1ccccc1.Cc1nc2c3ccccc3c3cccc4c3n2c1C(C)(C)C4.Cc1nc2c3ccccc3c3cccc4c3n2c1C(C)(C)S4.Cc1nc2c3ccccc3c3cccc4c3n2c1CC4(C)C.Cc1nc2c3ccccc3c3cccc4c3n2c1SC4(C)C. The summed E-state index contributed by atoms with van der Waals surface area (Å²) in [6.07, 6.45) is 4.31. The van der Waals surface area contributed by atoms with Crippen molar-refractivity contribution in [1.29, 1.82) is 0 Å². The molecule has 0 saturated carbocycles. The number of hydrogen-bond acceptors (Lipinski definition) is 7. The Balaban J connectivity index is 0.0000000890. The molecule has 0 aliphatic carbocycles. The van der Waals surface area contributed by atoms with E-state index >= 15 is 0 Å². The number of aromatic nitrogens is 10. The molecule has 0 saturated heterocycles. The fraction of sp³-hybridized carbons (Fsp3) is 0.194. The lowest BCUT2D eigenvalue weighted by Crippen LogP contribution is -2.78. The molecule has 0 bridgehead atoms. The molecule has 10 aromatic heterocycles. The number of rotatable bonds is 2. The summed E-state index contributed by atoms with van der Waals surface area (Å²) in [7, 11) is -2.52. The number of hydrogen-bond donors (Lipinski definition) is 0. The van der Waals surface area contributed by atoms with Crippen molar-refractivity contribution in [2.45, 2.75) is 145 Å². The molecule has 0 fully saturated rings. The van der Waals surface area contributed by atoms with E-state index < -0.39 is 8.07 Å². The van der Waals surface area contributed by atoms with Crippen molar-refractivity contribution in [2.75, 3.05) is 0 Å². The molecule has 0 atom stereocenters. The van der Waals surface area contributed by atoms with Crippen molar-refractivity contribution in [1.82, 2.24) is 46.9 Å². The Bertz CT molecular complexity index is 7860. The second kappa shape index (κ2) is 26.1. The van der Waals surface area contributed by atoms with Crippen LogP contribution in [0.5, 0.6) is 0 Å². The van der Waals surface area contributed by atoms with Gasteiger partial charge in [-0.25, -0.2) is 24.9 Å². The zero-order valence-corrected chi connectivity index (χ0v) is 73.4. The molecule has 12 aromatic carbocycles. The van der Waals surface area contributed by atoms with Crippen LogP contribution in [-0.4, -0.2) is 55.0 Å². The number of para-hydroxylation sites is 5. The van der Waals surface area contributed by atoms with Crippen LogP contribution < -0.4 is 15.7 Å². The highest BCUT2D eigenvalue weighted by Crippen LogP contribution is 2.54. The van der Waals surface area contributed by atoms with Gasteiger partial charge in [-0.3, -0.25) is 22.0 Å². The van der Waals surface area contributed by atoms with E-state index in [4.69, 9.17) is 24.9 Å². The zero-order chi connectivity index (χ0) is 82.4. The van der Waals surface area contributed by atoms with Crippen LogP contribution in [-0.2, 0) is 38.2 Å². The van der Waals surface area contributed by atoms with Crippen LogP contribution in [0.4, 0.5) is 0 Å². The largest absolute Gasteiger partial charge is 0.299 e. The van der Waals surface area contributed by atoms with Gasteiger partial charge in [0.2, 0.25) is 0 Å². The Morgan fingerprint density at radius 2 is 0.678 bits per heavy atom. The average molecular weight is 1620 g/mol. The maximum atomic E-state index is 5.11. The number of pyridine rings is 5. The molecule has 590 valence electrons. The number of thioether (sulfide) groups is 2. The maximum absolute atomic E-state index is 5.11. The summed E-state index contributed by atoms with van der Waals surface area (Å²) < 4.78 is 12.2. The minimum atomic E-state index is -2.52. The van der Waals surface area contributed by atoms with Crippen LogP contribution in [0.2, 0.25) is 0 Å². The third kappa shape index (κ3) is 10.2. The summed E-state index contributed by atoms with van der Waals surface area (Å²) in [5.74, 6) is 0. The molecule has 27 rings (SSSR count). The van der Waals surface area contributed by atoms with Crippen LogP contribution in [0.25, 0.3) is 137 Å². The van der Waals surface area contributed by atoms with Crippen LogP contribution in [0.15, 0.2) is 289 Å². The van der Waals surface area contributed by atoms with Gasteiger partial charge >= 0.3 is 0 Å². The Morgan fingerprint density at radius 3 is 1.21 bits per heavy atom. The van der Waals surface area contributed by atoms with Crippen molar-refractivity contribution < 1.29 is 0 Å². The van der Waals surface area contributed by atoms with E-state index in [1.165, 1.54) is 179 Å². The van der Waals surface area contributed by atoms with Crippen LogP contribution in [0, 0.1) is 27.7 Å². The lowest BCUT2D eigenvalue weighted by molar-refractivity contribution is 0.491. The number of benzene rings is 12. The van der Waals surface area contributed by atoms with Gasteiger partial charge in [-0.2, -0.15) is 0 Å². The molecular formula is C108H92N10S2Si. The summed E-state index contributed by atoms with van der Waals surface area (Å²) in [4.78, 5) is 26.2. The topological polar surface area (TPSA) is 86.5 Å². The third-order valence-electron chi connectivity index (χ3n) is 27.6. The van der Waals surface area contributed by atoms with Crippen LogP contribution >= 0.6 is 23.5 Å². The zero-order valence-electron chi connectivity index (χ0n) is 70.8. The molecule has 0 spiro atoms. The number of aryl methyl sites for hydroxylation is 4. The Kier molecular flexibility index (Phi) is 15.9. The van der Waals surface area contributed by atoms with Crippen LogP contribution in [0.1, 0.15) is 131 Å². The molecule has 5 aliphatic heterocycles. The van der Waals surface area contributed by atoms with Gasteiger partial charge in [0.05, 0.1) is 66.5 Å². The van der Waals surface area contributed by atoms with Crippen LogP contribution in [0.3, 0.4) is 0 Å². The molecule has 10 nitrogen and oxygen atoms in total. The number of fused-ring (bicyclic) bond motifs is 15. The monoisotopic (exact) mass is 1620 g/mol. The predicted octanol–water partition coefficient (Wildman–Crippen LogP) is 25.1. The molecule has 0 unspecified atom stereocenters. The summed E-state index contributed by atoms with van der Waals surface area (Å²) >= 11 is 3.87. The summed E-state index contributed by atoms with van der Waals surface area (Å²) in [6, 6.07) is 99.3. The number of imidazole rings is 5. The fourth-order valence-electron chi connectivity index (χ4n) is 22.8. The van der Waals surface area contributed by atoms with Crippen molar-refractivity contribution >= 4 is 184 Å². The first-order chi connectivity index (χ1) is 58.5. The first-order valence-electron chi connectivity index (χ1n) is 42.6. The van der Waals surface area contributed by atoms with E-state index in [1.807, 2.05) is 23.5 Å². The predicted molar refractivity (Wildman–Crippen MR) is 512 cm³/mol. The van der Waals surface area contributed by atoms with E-state index in [2.05, 4.69) is 398 Å². The van der Waals surface area contributed by atoms with E-state index in [1.54, 1.807) is 0 Å². The molecule has 0 radical (unpaired) electrons. The summed E-state index contributed by atoms with van der Waals surface area (Å²) in [5, 5.41) is 24.8. The maximum Gasteiger partial charge on any atom is 0.181 e. The second-order valence-corrected chi connectivity index (χ2v) is 44.6. The van der Waals surface area contributed by atoms with Gasteiger partial charge in [0.1, 0.15) is 33.3 Å². The Hall–Kier alpha value is -12.4. The first kappa shape index (κ1) is 73.7. The van der Waals surface area contributed by atoms with Crippen molar-refractivity contribution in [3.8, 4) is 0 Å². The van der Waals surface area contributed by atoms with E-state index in [0.29, 0.717) is 0 Å². The van der Waals surface area contributed by atoms with E-state index in [9.17, 15) is 0 Å². The fourth-order valence-corrected chi connectivity index (χ4v) is 31.1. The molecule has 13 heteroatoms. The lowest BCUT2D eigenvalue weighted by Gasteiger charge is -2.49. The summed E-state index contributed by atoms with van der Waals surface area (Å²) in [6.45, 7) is 32.1. The van der Waals surface area contributed by atoms with Gasteiger partial charge in [0.25, 0.3) is 0 Å². The van der Waals surface area contributed by atoms with Crippen molar-refractivity contribution in [3.63, 3.8) is 0 Å². The number of nitrogens with zero attached hydrogens (tertiary/aromatic N) is 10. The minimum absolute atomic E-state index is 0.0350. The second-order valence-electron chi connectivity index (χ2n) is 36.9. The molecule has 15 heterocycles. The van der Waals surface area contributed by atoms with Gasteiger partial charge in [0.15, 0.2) is 8.07 Å². The molecule has 0 amide bonds. The van der Waals surface area contributed by atoms with E-state index in [0.717, 1.165) is 58.2 Å². The van der Waals surface area contributed by atoms with E-state index in [-0.39, 0.29) is 25.4 Å². The molecule has 22 aromatic rings. The van der Waals surface area contributed by atoms with Gasteiger partial charge in [-0.1, -0.05) is 320 Å². The highest BCUT2D eigenvalue weighted by Gasteiger charge is 2.57. The van der Waals surface area contributed by atoms with Crippen molar-refractivity contribution in [3.05, 3.63) is 341 Å². The van der Waals surface area contributed by atoms with Gasteiger partial charge in [0, 0.05) is 91.2 Å². The molecular weight excluding hydrogens is 1530 g/mol. The quantitative estimate of drug-likeness (QED) is 0.126. The normalized spacial score (nSPS) is 16.1. The highest BCUT2D eigenvalue weighted by molar-refractivity contribution is 8.00. The highest BCUT2D eigenvalue weighted by atomic mass is 32.2. The lowest BCUT2D eigenvalue weighted by atomic mass is 9.77. The minimum Gasteiger partial charge on any atom is -0.299 e. The van der Waals surface area contributed by atoms with Gasteiger partial charge < -0.3 is 0 Å².